The van der Waals surface area contributed by atoms with Gasteiger partial charge in [-0.3, -0.25) is 14.9 Å². The molecule has 3 aromatic rings. The molecule has 0 spiro atoms. The maximum absolute atomic E-state index is 12.3. The van der Waals surface area contributed by atoms with Crippen LogP contribution < -0.4 is 15.4 Å². The van der Waals surface area contributed by atoms with Crippen LogP contribution in [0.1, 0.15) is 18.5 Å². The zero-order valence-electron chi connectivity index (χ0n) is 15.6. The van der Waals surface area contributed by atoms with E-state index in [9.17, 15) is 14.9 Å². The molecule has 0 unspecified atom stereocenters. The molecule has 144 valence electrons. The van der Waals surface area contributed by atoms with Crippen molar-refractivity contribution in [3.63, 3.8) is 0 Å². The quantitative estimate of drug-likeness (QED) is 0.477. The maximum atomic E-state index is 12.3. The molecule has 28 heavy (non-hydrogen) atoms. The second-order valence-electron chi connectivity index (χ2n) is 6.36. The summed E-state index contributed by atoms with van der Waals surface area (Å²) in [6, 6.07) is 18.2. The van der Waals surface area contributed by atoms with Crippen molar-refractivity contribution < 1.29 is 14.5 Å². The molecule has 0 heterocycles. The van der Waals surface area contributed by atoms with E-state index in [1.165, 1.54) is 25.3 Å². The number of non-ortho nitro benzene ring substituents is 1. The normalized spacial score (nSPS) is 11.8. The van der Waals surface area contributed by atoms with Crippen LogP contribution in [-0.4, -0.2) is 24.5 Å². The lowest BCUT2D eigenvalue weighted by Crippen LogP contribution is -2.30. The Hall–Kier alpha value is -3.45. The fourth-order valence-corrected chi connectivity index (χ4v) is 3.07. The summed E-state index contributed by atoms with van der Waals surface area (Å²) in [4.78, 5) is 22.7. The highest BCUT2D eigenvalue weighted by atomic mass is 16.6. The zero-order chi connectivity index (χ0) is 20.1. The van der Waals surface area contributed by atoms with Crippen molar-refractivity contribution in [2.75, 3.05) is 19.0 Å². The summed E-state index contributed by atoms with van der Waals surface area (Å²) in [7, 11) is 1.40. The minimum atomic E-state index is -0.512. The zero-order valence-corrected chi connectivity index (χ0v) is 15.6. The molecule has 0 fully saturated rings. The number of nitrogens with one attached hydrogen (secondary N) is 2. The molecule has 1 atom stereocenters. The van der Waals surface area contributed by atoms with Gasteiger partial charge in [-0.15, -0.1) is 0 Å². The van der Waals surface area contributed by atoms with Crippen LogP contribution in [0.2, 0.25) is 0 Å². The molecule has 7 nitrogen and oxygen atoms in total. The third kappa shape index (κ3) is 4.27. The predicted molar refractivity (Wildman–Crippen MR) is 109 cm³/mol. The van der Waals surface area contributed by atoms with Gasteiger partial charge in [0.05, 0.1) is 30.3 Å². The molecule has 0 bridgehead atoms. The van der Waals surface area contributed by atoms with Gasteiger partial charge in [-0.2, -0.15) is 0 Å². The van der Waals surface area contributed by atoms with Crippen molar-refractivity contribution in [2.24, 2.45) is 0 Å². The SMILES string of the molecule is COc1cc([N+](=O)[O-])ccc1NC(=O)CN[C@H](C)c1cccc2ccccc12. The Morgan fingerprint density at radius 2 is 1.89 bits per heavy atom. The molecule has 1 amide bonds. The second kappa shape index (κ2) is 8.49. The number of hydrogen-bond acceptors (Lipinski definition) is 5. The first-order valence-electron chi connectivity index (χ1n) is 8.83. The highest BCUT2D eigenvalue weighted by Crippen LogP contribution is 2.29. The number of fused-ring (bicyclic) bond motifs is 1. The van der Waals surface area contributed by atoms with E-state index in [1.807, 2.05) is 31.2 Å². The topological polar surface area (TPSA) is 93.5 Å². The number of ether oxygens (including phenoxy) is 1. The van der Waals surface area contributed by atoms with Gasteiger partial charge in [0.1, 0.15) is 5.75 Å². The van der Waals surface area contributed by atoms with Crippen molar-refractivity contribution >= 4 is 28.1 Å². The average Bonchev–Trinajstić information content (AvgIpc) is 2.71. The summed E-state index contributed by atoms with van der Waals surface area (Å²) in [5, 5.41) is 19.1. The first kappa shape index (κ1) is 19.3. The lowest BCUT2D eigenvalue weighted by molar-refractivity contribution is -0.384. The molecule has 2 N–H and O–H groups in total. The first-order chi connectivity index (χ1) is 13.5. The first-order valence-corrected chi connectivity index (χ1v) is 8.83. The highest BCUT2D eigenvalue weighted by molar-refractivity contribution is 5.94. The average molecular weight is 379 g/mol. The van der Waals surface area contributed by atoms with Crippen molar-refractivity contribution in [3.8, 4) is 5.75 Å². The van der Waals surface area contributed by atoms with E-state index >= 15 is 0 Å². The Kier molecular flexibility index (Phi) is 5.86. The lowest BCUT2D eigenvalue weighted by Gasteiger charge is -2.17. The van der Waals surface area contributed by atoms with Crippen LogP contribution in [0.5, 0.6) is 5.75 Å². The summed E-state index contributed by atoms with van der Waals surface area (Å²) in [6.45, 7) is 2.09. The Balaban J connectivity index is 1.66. The van der Waals surface area contributed by atoms with Crippen LogP contribution in [0.3, 0.4) is 0 Å². The number of anilines is 1. The van der Waals surface area contributed by atoms with Crippen LogP contribution in [0.25, 0.3) is 10.8 Å². The van der Waals surface area contributed by atoms with E-state index in [1.54, 1.807) is 0 Å². The molecule has 0 aliphatic heterocycles. The Morgan fingerprint density at radius 1 is 1.14 bits per heavy atom. The molecule has 0 saturated carbocycles. The molecule has 3 aromatic carbocycles. The Bertz CT molecular complexity index is 1010. The van der Waals surface area contributed by atoms with Crippen molar-refractivity contribution in [3.05, 3.63) is 76.3 Å². The van der Waals surface area contributed by atoms with Crippen LogP contribution in [0.15, 0.2) is 60.7 Å². The summed E-state index contributed by atoms with van der Waals surface area (Å²) in [5.41, 5.74) is 1.40. The number of amides is 1. The van der Waals surface area contributed by atoms with Gasteiger partial charge in [0.2, 0.25) is 5.91 Å². The summed E-state index contributed by atoms with van der Waals surface area (Å²) >= 11 is 0. The molecular weight excluding hydrogens is 358 g/mol. The van der Waals surface area contributed by atoms with Gasteiger partial charge in [0.15, 0.2) is 0 Å². The second-order valence-corrected chi connectivity index (χ2v) is 6.36. The number of nitro benzene ring substituents is 1. The van der Waals surface area contributed by atoms with Crippen LogP contribution in [-0.2, 0) is 4.79 Å². The number of nitrogens with zero attached hydrogens (tertiary/aromatic N) is 1. The third-order valence-electron chi connectivity index (χ3n) is 4.53. The minimum Gasteiger partial charge on any atom is -0.494 e. The van der Waals surface area contributed by atoms with E-state index in [-0.39, 0.29) is 29.9 Å². The number of nitro groups is 1. The number of hydrogen-bond donors (Lipinski definition) is 2. The van der Waals surface area contributed by atoms with E-state index < -0.39 is 4.92 Å². The van der Waals surface area contributed by atoms with Crippen LogP contribution in [0.4, 0.5) is 11.4 Å². The predicted octanol–water partition coefficient (Wildman–Crippen LogP) is 4.05. The van der Waals surface area contributed by atoms with Gasteiger partial charge in [0.25, 0.3) is 5.69 Å². The van der Waals surface area contributed by atoms with Gasteiger partial charge < -0.3 is 15.4 Å². The Labute approximate surface area is 162 Å². The molecular formula is C21H21N3O4. The van der Waals surface area contributed by atoms with E-state index in [4.69, 9.17) is 4.74 Å². The van der Waals surface area contributed by atoms with E-state index in [2.05, 4.69) is 28.8 Å². The summed E-state index contributed by atoms with van der Waals surface area (Å²) < 4.78 is 5.14. The van der Waals surface area contributed by atoms with Gasteiger partial charge >= 0.3 is 0 Å². The lowest BCUT2D eigenvalue weighted by atomic mass is 10.00. The standard InChI is InChI=1S/C21H21N3O4/c1-14(17-9-5-7-15-6-3-4-8-18(15)17)22-13-21(25)23-19-11-10-16(24(26)27)12-20(19)28-2/h3-12,14,22H,13H2,1-2H3,(H,23,25)/t14-/m1/s1. The van der Waals surface area contributed by atoms with Gasteiger partial charge in [-0.25, -0.2) is 0 Å². The number of methoxy groups -OCH3 is 1. The van der Waals surface area contributed by atoms with E-state index in [0.29, 0.717) is 5.69 Å². The van der Waals surface area contributed by atoms with Crippen LogP contribution >= 0.6 is 0 Å². The number of carbonyl (C=O) groups is 1. The fourth-order valence-electron chi connectivity index (χ4n) is 3.07. The van der Waals surface area contributed by atoms with Crippen molar-refractivity contribution in [2.45, 2.75) is 13.0 Å². The number of carbonyl (C=O) groups excluding carboxylic acids is 1. The number of benzene rings is 3. The van der Waals surface area contributed by atoms with Gasteiger partial charge in [-0.1, -0.05) is 42.5 Å². The molecule has 0 aliphatic rings. The van der Waals surface area contributed by atoms with Crippen molar-refractivity contribution in [1.29, 1.82) is 0 Å². The van der Waals surface area contributed by atoms with Crippen molar-refractivity contribution in [1.82, 2.24) is 5.32 Å². The fraction of sp³-hybridized carbons (Fsp3) is 0.190. The highest BCUT2D eigenvalue weighted by Gasteiger charge is 2.15. The van der Waals surface area contributed by atoms with Crippen LogP contribution in [0, 0.1) is 10.1 Å². The molecule has 7 heteroatoms. The molecule has 3 rings (SSSR count). The minimum absolute atomic E-state index is 0.0318. The number of rotatable bonds is 7. The third-order valence-corrected chi connectivity index (χ3v) is 4.53. The summed E-state index contributed by atoms with van der Waals surface area (Å²) in [6.07, 6.45) is 0. The molecule has 0 aliphatic carbocycles. The Morgan fingerprint density at radius 3 is 2.64 bits per heavy atom. The van der Waals surface area contributed by atoms with E-state index in [0.717, 1.165) is 16.3 Å². The molecule has 0 radical (unpaired) electrons. The van der Waals surface area contributed by atoms with Gasteiger partial charge in [0, 0.05) is 12.1 Å². The summed E-state index contributed by atoms with van der Waals surface area (Å²) in [5.74, 6) is -0.0242. The maximum Gasteiger partial charge on any atom is 0.273 e. The van der Waals surface area contributed by atoms with Gasteiger partial charge in [-0.05, 0) is 29.3 Å². The largest absolute Gasteiger partial charge is 0.494 e. The molecule has 0 saturated heterocycles. The monoisotopic (exact) mass is 379 g/mol. The smallest absolute Gasteiger partial charge is 0.273 e. The molecule has 0 aromatic heterocycles.